The van der Waals surface area contributed by atoms with E-state index in [1.807, 2.05) is 6.07 Å². The SMILES string of the molecule is CC(=O)NC1CCN(C(=O)c2ccc(CN)cn2)CC1. The molecule has 1 aliphatic heterocycles. The number of nitrogens with one attached hydrogen (secondary N) is 1. The van der Waals surface area contributed by atoms with E-state index in [1.165, 1.54) is 6.92 Å². The molecule has 0 aromatic carbocycles. The second-order valence-electron chi connectivity index (χ2n) is 5.02. The maximum atomic E-state index is 12.3. The second-order valence-corrected chi connectivity index (χ2v) is 5.02. The van der Waals surface area contributed by atoms with E-state index < -0.39 is 0 Å². The van der Waals surface area contributed by atoms with Crippen molar-refractivity contribution >= 4 is 11.8 Å². The lowest BCUT2D eigenvalue weighted by molar-refractivity contribution is -0.119. The number of rotatable bonds is 3. The van der Waals surface area contributed by atoms with Crippen molar-refractivity contribution in [3.63, 3.8) is 0 Å². The molecule has 1 fully saturated rings. The lowest BCUT2D eigenvalue weighted by Gasteiger charge is -2.32. The van der Waals surface area contributed by atoms with Crippen LogP contribution in [0, 0.1) is 0 Å². The molecule has 1 aromatic heterocycles. The van der Waals surface area contributed by atoms with Gasteiger partial charge in [-0.1, -0.05) is 6.07 Å². The van der Waals surface area contributed by atoms with Gasteiger partial charge in [-0.2, -0.15) is 0 Å². The first kappa shape index (κ1) is 14.5. The van der Waals surface area contributed by atoms with Gasteiger partial charge in [0.05, 0.1) is 0 Å². The Morgan fingerprint density at radius 3 is 2.60 bits per heavy atom. The Morgan fingerprint density at radius 2 is 2.10 bits per heavy atom. The predicted octanol–water partition coefficient (Wildman–Crippen LogP) is 0.281. The minimum Gasteiger partial charge on any atom is -0.353 e. The van der Waals surface area contributed by atoms with Crippen LogP contribution in [-0.2, 0) is 11.3 Å². The quantitative estimate of drug-likeness (QED) is 0.830. The van der Waals surface area contributed by atoms with Crippen molar-refractivity contribution < 1.29 is 9.59 Å². The van der Waals surface area contributed by atoms with E-state index in [-0.39, 0.29) is 17.9 Å². The summed E-state index contributed by atoms with van der Waals surface area (Å²) in [6, 6.07) is 3.71. The van der Waals surface area contributed by atoms with Crippen LogP contribution in [0.25, 0.3) is 0 Å². The average Bonchev–Trinajstić information content (AvgIpc) is 2.47. The Bertz CT molecular complexity index is 478. The molecule has 3 N–H and O–H groups in total. The molecule has 6 nitrogen and oxygen atoms in total. The van der Waals surface area contributed by atoms with Gasteiger partial charge in [-0.25, -0.2) is 0 Å². The summed E-state index contributed by atoms with van der Waals surface area (Å²) in [5.41, 5.74) is 6.86. The van der Waals surface area contributed by atoms with Gasteiger partial charge in [-0.05, 0) is 24.5 Å². The molecule has 6 heteroatoms. The molecular weight excluding hydrogens is 256 g/mol. The smallest absolute Gasteiger partial charge is 0.272 e. The van der Waals surface area contributed by atoms with Crippen LogP contribution < -0.4 is 11.1 Å². The largest absolute Gasteiger partial charge is 0.353 e. The van der Waals surface area contributed by atoms with Crippen LogP contribution in [0.5, 0.6) is 0 Å². The van der Waals surface area contributed by atoms with Crippen LogP contribution in [0.1, 0.15) is 35.8 Å². The van der Waals surface area contributed by atoms with Gasteiger partial charge in [-0.3, -0.25) is 14.6 Å². The average molecular weight is 276 g/mol. The lowest BCUT2D eigenvalue weighted by Crippen LogP contribution is -2.46. The van der Waals surface area contributed by atoms with Gasteiger partial charge in [0.2, 0.25) is 5.91 Å². The van der Waals surface area contributed by atoms with Crippen molar-refractivity contribution in [3.8, 4) is 0 Å². The molecule has 20 heavy (non-hydrogen) atoms. The summed E-state index contributed by atoms with van der Waals surface area (Å²) in [4.78, 5) is 29.2. The van der Waals surface area contributed by atoms with Crippen LogP contribution in [0.2, 0.25) is 0 Å². The van der Waals surface area contributed by atoms with Gasteiger partial charge >= 0.3 is 0 Å². The topological polar surface area (TPSA) is 88.3 Å². The van der Waals surface area contributed by atoms with Crippen LogP contribution in [0.15, 0.2) is 18.3 Å². The Kier molecular flexibility index (Phi) is 4.68. The highest BCUT2D eigenvalue weighted by atomic mass is 16.2. The Morgan fingerprint density at radius 1 is 1.40 bits per heavy atom. The first-order chi connectivity index (χ1) is 9.60. The van der Waals surface area contributed by atoms with E-state index in [0.29, 0.717) is 25.3 Å². The summed E-state index contributed by atoms with van der Waals surface area (Å²) in [5.74, 6) is -0.0799. The number of likely N-dealkylation sites (tertiary alicyclic amines) is 1. The molecule has 2 amide bonds. The van der Waals surface area contributed by atoms with Gasteiger partial charge in [0.1, 0.15) is 5.69 Å². The normalized spacial score (nSPS) is 16.0. The van der Waals surface area contributed by atoms with Gasteiger partial charge in [0, 0.05) is 38.8 Å². The standard InChI is InChI=1S/C14H20N4O2/c1-10(19)17-12-4-6-18(7-5-12)14(20)13-3-2-11(8-15)9-16-13/h2-3,9,12H,4-8,15H2,1H3,(H,17,19). The number of carbonyl (C=O) groups is 2. The summed E-state index contributed by atoms with van der Waals surface area (Å²) in [6.07, 6.45) is 3.20. The third kappa shape index (κ3) is 3.54. The fourth-order valence-electron chi connectivity index (χ4n) is 2.35. The van der Waals surface area contributed by atoms with Crippen molar-refractivity contribution in [1.82, 2.24) is 15.2 Å². The van der Waals surface area contributed by atoms with Crippen LogP contribution in [-0.4, -0.2) is 40.8 Å². The zero-order valence-corrected chi connectivity index (χ0v) is 11.6. The molecule has 0 saturated carbocycles. The minimum absolute atomic E-state index is 0.0196. The fraction of sp³-hybridized carbons (Fsp3) is 0.500. The molecule has 1 aromatic rings. The van der Waals surface area contributed by atoms with Crippen LogP contribution in [0.4, 0.5) is 0 Å². The van der Waals surface area contributed by atoms with E-state index in [4.69, 9.17) is 5.73 Å². The minimum atomic E-state index is -0.0603. The number of nitrogens with two attached hydrogens (primary N) is 1. The highest BCUT2D eigenvalue weighted by Gasteiger charge is 2.24. The second kappa shape index (κ2) is 6.47. The zero-order valence-electron chi connectivity index (χ0n) is 11.6. The zero-order chi connectivity index (χ0) is 14.5. The number of amides is 2. The monoisotopic (exact) mass is 276 g/mol. The number of pyridine rings is 1. The molecular formula is C14H20N4O2. The van der Waals surface area contributed by atoms with Crippen molar-refractivity contribution in [2.24, 2.45) is 5.73 Å². The van der Waals surface area contributed by atoms with E-state index in [0.717, 1.165) is 18.4 Å². The van der Waals surface area contributed by atoms with E-state index in [2.05, 4.69) is 10.3 Å². The molecule has 1 saturated heterocycles. The van der Waals surface area contributed by atoms with Gasteiger partial charge in [-0.15, -0.1) is 0 Å². The molecule has 0 radical (unpaired) electrons. The van der Waals surface area contributed by atoms with Gasteiger partial charge < -0.3 is 16.0 Å². The van der Waals surface area contributed by atoms with Gasteiger partial charge in [0.25, 0.3) is 5.91 Å². The summed E-state index contributed by atoms with van der Waals surface area (Å²) < 4.78 is 0. The van der Waals surface area contributed by atoms with Crippen molar-refractivity contribution in [2.75, 3.05) is 13.1 Å². The number of aromatic nitrogens is 1. The summed E-state index contributed by atoms with van der Waals surface area (Å²) in [6.45, 7) is 3.22. The molecule has 108 valence electrons. The Hall–Kier alpha value is -1.95. The number of carbonyl (C=O) groups excluding carboxylic acids is 2. The predicted molar refractivity (Wildman–Crippen MR) is 74.9 cm³/mol. The van der Waals surface area contributed by atoms with Crippen LogP contribution >= 0.6 is 0 Å². The number of nitrogens with zero attached hydrogens (tertiary/aromatic N) is 2. The highest BCUT2D eigenvalue weighted by molar-refractivity contribution is 5.92. The van der Waals surface area contributed by atoms with E-state index >= 15 is 0 Å². The van der Waals surface area contributed by atoms with Gasteiger partial charge in [0.15, 0.2) is 0 Å². The van der Waals surface area contributed by atoms with Crippen molar-refractivity contribution in [3.05, 3.63) is 29.6 Å². The first-order valence-electron chi connectivity index (χ1n) is 6.81. The summed E-state index contributed by atoms with van der Waals surface area (Å²) in [7, 11) is 0. The summed E-state index contributed by atoms with van der Waals surface area (Å²) >= 11 is 0. The maximum absolute atomic E-state index is 12.3. The number of piperidine rings is 1. The number of hydrogen-bond acceptors (Lipinski definition) is 4. The molecule has 0 atom stereocenters. The Balaban J connectivity index is 1.92. The molecule has 1 aliphatic rings. The molecule has 0 spiro atoms. The molecule has 2 heterocycles. The fourth-order valence-corrected chi connectivity index (χ4v) is 2.35. The summed E-state index contributed by atoms with van der Waals surface area (Å²) in [5, 5.41) is 2.89. The van der Waals surface area contributed by atoms with Crippen molar-refractivity contribution in [1.29, 1.82) is 0 Å². The van der Waals surface area contributed by atoms with E-state index in [9.17, 15) is 9.59 Å². The Labute approximate surface area is 118 Å². The number of hydrogen-bond donors (Lipinski definition) is 2. The molecule has 0 unspecified atom stereocenters. The van der Waals surface area contributed by atoms with Crippen LogP contribution in [0.3, 0.4) is 0 Å². The first-order valence-corrected chi connectivity index (χ1v) is 6.81. The molecule has 2 rings (SSSR count). The third-order valence-corrected chi connectivity index (χ3v) is 3.47. The molecule has 0 aliphatic carbocycles. The third-order valence-electron chi connectivity index (χ3n) is 3.47. The lowest BCUT2D eigenvalue weighted by atomic mass is 10.0. The maximum Gasteiger partial charge on any atom is 0.272 e. The highest BCUT2D eigenvalue weighted by Crippen LogP contribution is 2.13. The van der Waals surface area contributed by atoms with Crippen molar-refractivity contribution in [2.45, 2.75) is 32.4 Å². The molecule has 0 bridgehead atoms. The van der Waals surface area contributed by atoms with E-state index in [1.54, 1.807) is 17.2 Å².